The van der Waals surface area contributed by atoms with E-state index in [4.69, 9.17) is 4.74 Å². The maximum Gasteiger partial charge on any atom is 0.361 e. The van der Waals surface area contributed by atoms with Gasteiger partial charge in [0.05, 0.1) is 11.5 Å². The molecule has 0 spiro atoms. The zero-order valence-electron chi connectivity index (χ0n) is 9.47. The Morgan fingerprint density at radius 3 is 2.50 bits per heavy atom. The Bertz CT molecular complexity index is 383. The molecule has 0 aliphatic carbocycles. The van der Waals surface area contributed by atoms with E-state index in [0.717, 1.165) is 5.56 Å². The predicted octanol–water partition coefficient (Wildman–Crippen LogP) is 2.50. The van der Waals surface area contributed by atoms with Crippen LogP contribution in [0.2, 0.25) is 0 Å². The average Bonchev–Trinajstić information content (AvgIpc) is 2.97. The molecule has 1 aliphatic heterocycles. The van der Waals surface area contributed by atoms with Gasteiger partial charge in [0.25, 0.3) is 0 Å². The smallest absolute Gasteiger partial charge is 0.361 e. The summed E-state index contributed by atoms with van der Waals surface area (Å²) in [4.78, 5) is 10.9. The summed E-state index contributed by atoms with van der Waals surface area (Å²) in [7, 11) is 0. The molecule has 0 aromatic heterocycles. The van der Waals surface area contributed by atoms with Crippen molar-refractivity contribution in [3.8, 4) is 0 Å². The molecule has 3 heteroatoms. The molecule has 1 fully saturated rings. The van der Waals surface area contributed by atoms with Gasteiger partial charge in [-0.1, -0.05) is 30.3 Å². The minimum atomic E-state index is -1.02. The van der Waals surface area contributed by atoms with Gasteiger partial charge < -0.3 is 4.74 Å². The molecule has 1 saturated heterocycles. The summed E-state index contributed by atoms with van der Waals surface area (Å²) in [6.45, 7) is 3.35. The van der Waals surface area contributed by atoms with E-state index in [0.29, 0.717) is 6.42 Å². The van der Waals surface area contributed by atoms with Gasteiger partial charge in [0.1, 0.15) is 6.10 Å². The Morgan fingerprint density at radius 1 is 1.31 bits per heavy atom. The van der Waals surface area contributed by atoms with Crippen molar-refractivity contribution in [1.82, 2.24) is 0 Å². The van der Waals surface area contributed by atoms with Gasteiger partial charge in [0.2, 0.25) is 0 Å². The van der Waals surface area contributed by atoms with E-state index in [1.807, 2.05) is 30.3 Å². The highest BCUT2D eigenvalue weighted by Gasteiger charge is 2.45. The zero-order chi connectivity index (χ0) is 11.8. The molecule has 1 aliphatic rings. The van der Waals surface area contributed by atoms with Crippen molar-refractivity contribution in [3.05, 3.63) is 35.9 Å². The van der Waals surface area contributed by atoms with Gasteiger partial charge >= 0.3 is 5.97 Å². The van der Waals surface area contributed by atoms with E-state index in [9.17, 15) is 9.90 Å². The third-order valence-corrected chi connectivity index (χ3v) is 2.97. The molecule has 2 unspecified atom stereocenters. The van der Waals surface area contributed by atoms with Crippen LogP contribution in [0.15, 0.2) is 30.3 Å². The van der Waals surface area contributed by atoms with E-state index in [1.165, 1.54) is 0 Å². The molecule has 16 heavy (non-hydrogen) atoms. The largest absolute Gasteiger partial charge is 0.364 e. The summed E-state index contributed by atoms with van der Waals surface area (Å²) in [5.74, 6) is -1.02. The predicted molar refractivity (Wildman–Crippen MR) is 58.1 cm³/mol. The van der Waals surface area contributed by atoms with Crippen LogP contribution >= 0.6 is 0 Å². The number of ether oxygens (including phenoxy) is 1. The average molecular weight is 219 g/mol. The first kappa shape index (κ1) is 11.1. The van der Waals surface area contributed by atoms with Crippen LogP contribution in [0, 0.1) is 5.41 Å². The molecule has 0 saturated carbocycles. The highest BCUT2D eigenvalue weighted by molar-refractivity contribution is 5.73. The lowest BCUT2D eigenvalue weighted by Crippen LogP contribution is -2.24. The third kappa shape index (κ3) is 2.25. The van der Waals surface area contributed by atoms with Crippen LogP contribution in [0.1, 0.15) is 31.9 Å². The number of hydrogen-bond donors (Lipinski definition) is 0. The fourth-order valence-electron chi connectivity index (χ4n) is 1.82. The second-order valence-corrected chi connectivity index (χ2v) is 4.88. The number of carbonyl (C=O) groups is 1. The van der Waals surface area contributed by atoms with Crippen LogP contribution in [0.3, 0.4) is 0 Å². The summed E-state index contributed by atoms with van der Waals surface area (Å²) < 4.78 is 5.50. The first-order chi connectivity index (χ1) is 7.50. The van der Waals surface area contributed by atoms with Crippen LogP contribution in [0.5, 0.6) is 0 Å². The first-order valence-electron chi connectivity index (χ1n) is 5.42. The molecule has 2 atom stereocenters. The van der Waals surface area contributed by atoms with Gasteiger partial charge in [-0.2, -0.15) is 0 Å². The summed E-state index contributed by atoms with van der Waals surface area (Å²) in [5.41, 5.74) is 0.287. The van der Waals surface area contributed by atoms with Crippen LogP contribution in [-0.4, -0.2) is 12.1 Å². The highest BCUT2D eigenvalue weighted by Crippen LogP contribution is 2.44. The second kappa shape index (κ2) is 3.91. The molecule has 0 amide bonds. The standard InChI is InChI=1S/C13H15O3/c1-13(2,12(14)15)8-10-11(16-10)9-6-4-3-5-7-9/h3-7,10-11H,8H2,1-2H3. The zero-order valence-corrected chi connectivity index (χ0v) is 9.47. The van der Waals surface area contributed by atoms with E-state index >= 15 is 0 Å². The van der Waals surface area contributed by atoms with Crippen molar-refractivity contribution in [1.29, 1.82) is 0 Å². The van der Waals surface area contributed by atoms with Crippen LogP contribution in [0.25, 0.3) is 0 Å². The van der Waals surface area contributed by atoms with Crippen LogP contribution in [-0.2, 0) is 14.6 Å². The Kier molecular flexibility index (Phi) is 2.72. The molecule has 0 N–H and O–H groups in total. The Morgan fingerprint density at radius 2 is 1.94 bits per heavy atom. The number of epoxide rings is 1. The highest BCUT2D eigenvalue weighted by atomic mass is 16.6. The molecule has 3 nitrogen and oxygen atoms in total. The molecule has 0 bridgehead atoms. The number of rotatable bonds is 4. The van der Waals surface area contributed by atoms with Gasteiger partial charge in [-0.15, -0.1) is 0 Å². The Hall–Kier alpha value is -1.35. The van der Waals surface area contributed by atoms with Crippen LogP contribution in [0.4, 0.5) is 0 Å². The van der Waals surface area contributed by atoms with Crippen molar-refractivity contribution >= 4 is 5.97 Å². The molecule has 1 aromatic carbocycles. The molecule has 1 heterocycles. The number of carbonyl (C=O) groups excluding carboxylic acids is 1. The van der Waals surface area contributed by atoms with Gasteiger partial charge in [-0.05, 0) is 25.8 Å². The number of hydrogen-bond acceptors (Lipinski definition) is 2. The lowest BCUT2D eigenvalue weighted by molar-refractivity contribution is -0.154. The molecule has 1 aromatic rings. The molecular weight excluding hydrogens is 204 g/mol. The lowest BCUT2D eigenvalue weighted by atomic mass is 9.86. The van der Waals surface area contributed by atoms with E-state index < -0.39 is 11.4 Å². The monoisotopic (exact) mass is 219 g/mol. The lowest BCUT2D eigenvalue weighted by Gasteiger charge is -2.15. The van der Waals surface area contributed by atoms with E-state index in [1.54, 1.807) is 13.8 Å². The minimum absolute atomic E-state index is 0.00954. The van der Waals surface area contributed by atoms with E-state index in [-0.39, 0.29) is 12.2 Å². The van der Waals surface area contributed by atoms with Crippen molar-refractivity contribution < 1.29 is 14.6 Å². The molecule has 85 valence electrons. The quantitative estimate of drug-likeness (QED) is 0.730. The molecule has 2 rings (SSSR count). The van der Waals surface area contributed by atoms with Crippen LogP contribution < -0.4 is 0 Å². The minimum Gasteiger partial charge on any atom is -0.364 e. The summed E-state index contributed by atoms with van der Waals surface area (Å²) in [6.07, 6.45) is 0.560. The van der Waals surface area contributed by atoms with Gasteiger partial charge in [-0.25, -0.2) is 9.90 Å². The molecule has 1 radical (unpaired) electrons. The fraction of sp³-hybridized carbons (Fsp3) is 0.462. The van der Waals surface area contributed by atoms with E-state index in [2.05, 4.69) is 0 Å². The Labute approximate surface area is 95.0 Å². The second-order valence-electron chi connectivity index (χ2n) is 4.88. The van der Waals surface area contributed by atoms with Gasteiger partial charge in [0, 0.05) is 0 Å². The Balaban J connectivity index is 1.96. The van der Waals surface area contributed by atoms with Crippen molar-refractivity contribution in [3.63, 3.8) is 0 Å². The fourth-order valence-corrected chi connectivity index (χ4v) is 1.82. The van der Waals surface area contributed by atoms with Gasteiger partial charge in [0.15, 0.2) is 0 Å². The summed E-state index contributed by atoms with van der Waals surface area (Å²) in [6, 6.07) is 9.86. The van der Waals surface area contributed by atoms with Crippen molar-refractivity contribution in [2.45, 2.75) is 32.5 Å². The summed E-state index contributed by atoms with van der Waals surface area (Å²) >= 11 is 0. The normalized spacial score (nSPS) is 24.1. The maximum atomic E-state index is 10.9. The molecular formula is C13H15O3. The van der Waals surface area contributed by atoms with Crippen molar-refractivity contribution in [2.75, 3.05) is 0 Å². The van der Waals surface area contributed by atoms with Gasteiger partial charge in [-0.3, -0.25) is 0 Å². The third-order valence-electron chi connectivity index (χ3n) is 2.97. The van der Waals surface area contributed by atoms with Crippen molar-refractivity contribution in [2.24, 2.45) is 5.41 Å². The topological polar surface area (TPSA) is 49.5 Å². The first-order valence-corrected chi connectivity index (χ1v) is 5.42. The summed E-state index contributed by atoms with van der Waals surface area (Å²) in [5, 5.41) is 10.9. The number of benzene rings is 1. The maximum absolute atomic E-state index is 10.9. The SMILES string of the molecule is CC(C)(CC1OC1c1ccccc1)C([O])=O.